The Morgan fingerprint density at radius 2 is 1.94 bits per heavy atom. The normalized spacial score (nSPS) is 11.9. The molecule has 0 aromatic heterocycles. The second-order valence-electron chi connectivity index (χ2n) is 3.75. The lowest BCUT2D eigenvalue weighted by Gasteiger charge is -2.08. The third-order valence-electron chi connectivity index (χ3n) is 2.63. The molecular formula is C13H16O3. The van der Waals surface area contributed by atoms with Gasteiger partial charge in [-0.2, -0.15) is 0 Å². The quantitative estimate of drug-likeness (QED) is 0.578. The van der Waals surface area contributed by atoms with E-state index in [0.29, 0.717) is 11.1 Å². The molecule has 0 saturated heterocycles. The van der Waals surface area contributed by atoms with Crippen molar-refractivity contribution in [2.24, 2.45) is 5.92 Å². The van der Waals surface area contributed by atoms with Crippen molar-refractivity contribution in [2.75, 3.05) is 7.11 Å². The maximum Gasteiger partial charge on any atom is 0.337 e. The molecule has 0 radical (unpaired) electrons. The van der Waals surface area contributed by atoms with E-state index in [9.17, 15) is 9.59 Å². The molecule has 0 heterocycles. The number of rotatable bonds is 4. The van der Waals surface area contributed by atoms with Crippen LogP contribution in [0.4, 0.5) is 0 Å². The third kappa shape index (κ3) is 2.69. The van der Waals surface area contributed by atoms with Crippen LogP contribution in [0.5, 0.6) is 0 Å². The highest BCUT2D eigenvalue weighted by Gasteiger charge is 2.15. The number of methoxy groups -OCH3 is 1. The van der Waals surface area contributed by atoms with Gasteiger partial charge in [0.2, 0.25) is 0 Å². The fraction of sp³-hybridized carbons (Fsp3) is 0.385. The molecule has 16 heavy (non-hydrogen) atoms. The van der Waals surface area contributed by atoms with Gasteiger partial charge in [0.25, 0.3) is 0 Å². The predicted octanol–water partition coefficient (Wildman–Crippen LogP) is 2.70. The highest BCUT2D eigenvalue weighted by atomic mass is 16.5. The Kier molecular flexibility index (Phi) is 4.23. The van der Waals surface area contributed by atoms with Gasteiger partial charge in [0.15, 0.2) is 5.78 Å². The van der Waals surface area contributed by atoms with Crippen molar-refractivity contribution in [3.05, 3.63) is 35.4 Å². The highest BCUT2D eigenvalue weighted by molar-refractivity contribution is 6.00. The average molecular weight is 220 g/mol. The van der Waals surface area contributed by atoms with Crippen molar-refractivity contribution in [2.45, 2.75) is 20.3 Å². The van der Waals surface area contributed by atoms with E-state index in [1.165, 1.54) is 7.11 Å². The van der Waals surface area contributed by atoms with Crippen molar-refractivity contribution in [1.29, 1.82) is 0 Å². The van der Waals surface area contributed by atoms with E-state index in [1.807, 2.05) is 13.8 Å². The molecule has 3 nitrogen and oxygen atoms in total. The van der Waals surface area contributed by atoms with Crippen molar-refractivity contribution in [3.8, 4) is 0 Å². The first-order valence-electron chi connectivity index (χ1n) is 5.32. The van der Waals surface area contributed by atoms with E-state index < -0.39 is 5.97 Å². The topological polar surface area (TPSA) is 43.4 Å². The Balaban J connectivity index is 2.99. The summed E-state index contributed by atoms with van der Waals surface area (Å²) in [5.41, 5.74) is 0.980. The Labute approximate surface area is 95.4 Å². The van der Waals surface area contributed by atoms with Gasteiger partial charge >= 0.3 is 5.97 Å². The molecule has 1 atom stereocenters. The fourth-order valence-electron chi connectivity index (χ4n) is 1.39. The zero-order valence-electron chi connectivity index (χ0n) is 9.82. The minimum absolute atomic E-state index is 0.0205. The number of hydrogen-bond acceptors (Lipinski definition) is 3. The van der Waals surface area contributed by atoms with Gasteiger partial charge in [-0.3, -0.25) is 4.79 Å². The molecular weight excluding hydrogens is 204 g/mol. The van der Waals surface area contributed by atoms with Gasteiger partial charge in [-0.15, -0.1) is 0 Å². The summed E-state index contributed by atoms with van der Waals surface area (Å²) in [6, 6.07) is 6.64. The monoisotopic (exact) mass is 220 g/mol. The van der Waals surface area contributed by atoms with Gasteiger partial charge in [0, 0.05) is 11.5 Å². The molecule has 0 amide bonds. The number of ether oxygens (including phenoxy) is 1. The number of ketones is 1. The lowest BCUT2D eigenvalue weighted by Crippen LogP contribution is -2.11. The SMILES string of the molecule is CCC(C)C(=O)c1cccc(C(=O)OC)c1. The highest BCUT2D eigenvalue weighted by Crippen LogP contribution is 2.13. The molecule has 3 heteroatoms. The van der Waals surface area contributed by atoms with E-state index in [1.54, 1.807) is 24.3 Å². The molecule has 0 aliphatic carbocycles. The lowest BCUT2D eigenvalue weighted by molar-refractivity contribution is 0.0600. The van der Waals surface area contributed by atoms with Crippen molar-refractivity contribution >= 4 is 11.8 Å². The summed E-state index contributed by atoms with van der Waals surface area (Å²) >= 11 is 0. The Morgan fingerprint density at radius 1 is 1.31 bits per heavy atom. The van der Waals surface area contributed by atoms with Crippen LogP contribution in [0.25, 0.3) is 0 Å². The van der Waals surface area contributed by atoms with Crippen LogP contribution in [0.15, 0.2) is 24.3 Å². The molecule has 0 bridgehead atoms. The maximum atomic E-state index is 11.9. The molecule has 1 aromatic carbocycles. The smallest absolute Gasteiger partial charge is 0.337 e. The van der Waals surface area contributed by atoms with Crippen LogP contribution in [0.1, 0.15) is 41.0 Å². The molecule has 0 saturated carbocycles. The van der Waals surface area contributed by atoms with E-state index in [2.05, 4.69) is 4.74 Å². The molecule has 0 fully saturated rings. The number of Topliss-reactive ketones (excluding diaryl/α,β-unsaturated/α-hetero) is 1. The first-order valence-corrected chi connectivity index (χ1v) is 5.32. The van der Waals surface area contributed by atoms with Crippen LogP contribution in [0, 0.1) is 5.92 Å². The molecule has 1 rings (SSSR count). The molecule has 1 unspecified atom stereocenters. The standard InChI is InChI=1S/C13H16O3/c1-4-9(2)12(14)10-6-5-7-11(8-10)13(15)16-3/h5-9H,4H2,1-3H3. The summed E-state index contributed by atoms with van der Waals surface area (Å²) in [5, 5.41) is 0. The van der Waals surface area contributed by atoms with Crippen molar-refractivity contribution in [1.82, 2.24) is 0 Å². The first kappa shape index (κ1) is 12.4. The zero-order valence-corrected chi connectivity index (χ0v) is 9.82. The largest absolute Gasteiger partial charge is 0.465 e. The van der Waals surface area contributed by atoms with Gasteiger partial charge in [-0.1, -0.05) is 26.0 Å². The molecule has 0 spiro atoms. The molecule has 0 aliphatic rings. The second-order valence-corrected chi connectivity index (χ2v) is 3.75. The summed E-state index contributed by atoms with van der Waals surface area (Å²) in [4.78, 5) is 23.2. The van der Waals surface area contributed by atoms with Crippen molar-refractivity contribution in [3.63, 3.8) is 0 Å². The number of esters is 1. The summed E-state index contributed by atoms with van der Waals surface area (Å²) in [5.74, 6) is -0.375. The van der Waals surface area contributed by atoms with Crippen LogP contribution in [0.2, 0.25) is 0 Å². The first-order chi connectivity index (χ1) is 7.60. The third-order valence-corrected chi connectivity index (χ3v) is 2.63. The van der Waals surface area contributed by atoms with Crippen LogP contribution >= 0.6 is 0 Å². The average Bonchev–Trinajstić information content (AvgIpc) is 2.36. The van der Waals surface area contributed by atoms with E-state index >= 15 is 0 Å². The fourth-order valence-corrected chi connectivity index (χ4v) is 1.39. The second kappa shape index (κ2) is 5.45. The van der Waals surface area contributed by atoms with E-state index in [0.717, 1.165) is 6.42 Å². The number of carbonyl (C=O) groups is 2. The number of carbonyl (C=O) groups excluding carboxylic acids is 2. The Hall–Kier alpha value is -1.64. The Morgan fingerprint density at radius 3 is 2.50 bits per heavy atom. The zero-order chi connectivity index (χ0) is 12.1. The minimum atomic E-state index is -0.418. The minimum Gasteiger partial charge on any atom is -0.465 e. The lowest BCUT2D eigenvalue weighted by atomic mass is 9.96. The predicted molar refractivity (Wildman–Crippen MR) is 61.6 cm³/mol. The van der Waals surface area contributed by atoms with Gasteiger partial charge in [0.1, 0.15) is 0 Å². The van der Waals surface area contributed by atoms with Crippen molar-refractivity contribution < 1.29 is 14.3 Å². The van der Waals surface area contributed by atoms with Crippen LogP contribution < -0.4 is 0 Å². The molecule has 86 valence electrons. The number of hydrogen-bond donors (Lipinski definition) is 0. The molecule has 0 aliphatic heterocycles. The van der Waals surface area contributed by atoms with Gasteiger partial charge < -0.3 is 4.74 Å². The van der Waals surface area contributed by atoms with Crippen LogP contribution in [-0.4, -0.2) is 18.9 Å². The van der Waals surface area contributed by atoms with E-state index in [4.69, 9.17) is 0 Å². The summed E-state index contributed by atoms with van der Waals surface area (Å²) in [6.07, 6.45) is 0.793. The number of benzene rings is 1. The maximum absolute atomic E-state index is 11.9. The summed E-state index contributed by atoms with van der Waals surface area (Å²) < 4.78 is 4.61. The summed E-state index contributed by atoms with van der Waals surface area (Å²) in [6.45, 7) is 3.85. The summed E-state index contributed by atoms with van der Waals surface area (Å²) in [7, 11) is 1.32. The van der Waals surface area contributed by atoms with Crippen LogP contribution in [-0.2, 0) is 4.74 Å². The Bertz CT molecular complexity index is 396. The van der Waals surface area contributed by atoms with Gasteiger partial charge in [0.05, 0.1) is 12.7 Å². The van der Waals surface area contributed by atoms with Gasteiger partial charge in [-0.25, -0.2) is 4.79 Å². The molecule has 1 aromatic rings. The van der Waals surface area contributed by atoms with Gasteiger partial charge in [-0.05, 0) is 18.6 Å². The molecule has 0 N–H and O–H groups in total. The van der Waals surface area contributed by atoms with Crippen LogP contribution in [0.3, 0.4) is 0 Å². The van der Waals surface area contributed by atoms with E-state index in [-0.39, 0.29) is 11.7 Å².